The third-order valence-corrected chi connectivity index (χ3v) is 5.81. The molecule has 0 radical (unpaired) electrons. The summed E-state index contributed by atoms with van der Waals surface area (Å²) < 4.78 is 10.8. The van der Waals surface area contributed by atoms with Crippen molar-refractivity contribution in [2.75, 3.05) is 13.2 Å². The van der Waals surface area contributed by atoms with Gasteiger partial charge in [0.1, 0.15) is 13.2 Å². The molecule has 8 heteroatoms. The molecule has 2 aromatic carbocycles. The van der Waals surface area contributed by atoms with Crippen molar-refractivity contribution < 1.29 is 19.1 Å². The van der Waals surface area contributed by atoms with E-state index >= 15 is 0 Å². The van der Waals surface area contributed by atoms with Crippen LogP contribution in [-0.4, -0.2) is 25.2 Å². The number of nitriles is 1. The van der Waals surface area contributed by atoms with Crippen molar-refractivity contribution in [1.29, 1.82) is 5.26 Å². The lowest BCUT2D eigenvalue weighted by molar-refractivity contribution is -0.139. The van der Waals surface area contributed by atoms with Gasteiger partial charge in [-0.2, -0.15) is 5.26 Å². The number of halogens is 2. The largest absolute Gasteiger partial charge is 0.461 e. The summed E-state index contributed by atoms with van der Waals surface area (Å²) in [5, 5.41) is 13.0. The molecule has 3 rings (SSSR count). The lowest BCUT2D eigenvalue weighted by Crippen LogP contribution is -2.32. The average Bonchev–Trinajstić information content (AvgIpc) is 2.82. The fraction of sp³-hybridized carbons (Fsp3) is 0.222. The van der Waals surface area contributed by atoms with Crippen molar-refractivity contribution in [2.24, 2.45) is 0 Å². The number of carbonyl (C=O) groups excluding carboxylic acids is 2. The van der Waals surface area contributed by atoms with Crippen LogP contribution in [0.2, 0.25) is 10.0 Å². The van der Waals surface area contributed by atoms with E-state index in [2.05, 4.69) is 5.32 Å². The van der Waals surface area contributed by atoms with E-state index in [4.69, 9.17) is 37.9 Å². The van der Waals surface area contributed by atoms with Gasteiger partial charge in [-0.1, -0.05) is 53.5 Å². The van der Waals surface area contributed by atoms with E-state index in [1.165, 1.54) is 0 Å². The Hall–Kier alpha value is -3.53. The van der Waals surface area contributed by atoms with Gasteiger partial charge in [-0.25, -0.2) is 9.59 Å². The molecule has 180 valence electrons. The van der Waals surface area contributed by atoms with E-state index in [0.717, 1.165) is 5.56 Å². The van der Waals surface area contributed by atoms with Crippen molar-refractivity contribution in [3.8, 4) is 6.07 Å². The van der Waals surface area contributed by atoms with Crippen LogP contribution in [0.25, 0.3) is 6.08 Å². The van der Waals surface area contributed by atoms with Crippen LogP contribution in [0.5, 0.6) is 0 Å². The monoisotopic (exact) mass is 510 g/mol. The molecule has 0 aromatic heterocycles. The quantitative estimate of drug-likeness (QED) is 0.349. The minimum absolute atomic E-state index is 0.0329. The standard InChI is InChI=1S/C27H24Cl2N2O4/c1-17-23(26(32)34-14-4-6-19-9-11-21(28)12-10-19)25(20-7-3-8-22(29)16-20)24(18(2)31-17)27(33)35-15-5-13-30/h3-4,6-12,16,25,31H,5,14-15H2,1-2H3. The first kappa shape index (κ1) is 26.1. The molecule has 0 amide bonds. The second-order valence-electron chi connectivity index (χ2n) is 7.79. The van der Waals surface area contributed by atoms with E-state index in [-0.39, 0.29) is 30.8 Å². The molecular formula is C27H24Cl2N2O4. The number of esters is 2. The maximum Gasteiger partial charge on any atom is 0.337 e. The Kier molecular flexibility index (Phi) is 9.13. The summed E-state index contributed by atoms with van der Waals surface area (Å²) in [6.07, 6.45) is 3.61. The maximum absolute atomic E-state index is 13.2. The van der Waals surface area contributed by atoms with Gasteiger partial charge in [-0.15, -0.1) is 0 Å². The molecule has 0 bridgehead atoms. The molecule has 6 nitrogen and oxygen atoms in total. The minimum Gasteiger partial charge on any atom is -0.461 e. The summed E-state index contributed by atoms with van der Waals surface area (Å²) in [6.45, 7) is 3.47. The number of nitrogens with one attached hydrogen (secondary N) is 1. The second kappa shape index (κ2) is 12.3. The van der Waals surface area contributed by atoms with Crippen LogP contribution >= 0.6 is 23.2 Å². The molecule has 1 N–H and O–H groups in total. The number of carbonyl (C=O) groups is 2. The predicted molar refractivity (Wildman–Crippen MR) is 135 cm³/mol. The zero-order chi connectivity index (χ0) is 25.4. The van der Waals surface area contributed by atoms with Crippen molar-refractivity contribution in [1.82, 2.24) is 5.32 Å². The van der Waals surface area contributed by atoms with E-state index in [1.807, 2.05) is 24.3 Å². The SMILES string of the molecule is CC1=C(C(=O)OCC=Cc2ccc(Cl)cc2)C(c2cccc(Cl)c2)C(C(=O)OCCC#N)=C(C)N1. The Labute approximate surface area is 214 Å². The van der Waals surface area contributed by atoms with Crippen molar-refractivity contribution in [3.05, 3.63) is 98.3 Å². The maximum atomic E-state index is 13.2. The van der Waals surface area contributed by atoms with Crippen LogP contribution in [-0.2, 0) is 19.1 Å². The smallest absolute Gasteiger partial charge is 0.337 e. The van der Waals surface area contributed by atoms with Crippen LogP contribution in [0.1, 0.15) is 37.3 Å². The highest BCUT2D eigenvalue weighted by atomic mass is 35.5. The molecule has 2 aromatic rings. The van der Waals surface area contributed by atoms with Crippen molar-refractivity contribution in [3.63, 3.8) is 0 Å². The van der Waals surface area contributed by atoms with Gasteiger partial charge in [0.15, 0.2) is 0 Å². The summed E-state index contributed by atoms with van der Waals surface area (Å²) in [7, 11) is 0. The molecule has 0 saturated carbocycles. The van der Waals surface area contributed by atoms with Gasteiger partial charge in [0, 0.05) is 21.4 Å². The van der Waals surface area contributed by atoms with Gasteiger partial charge in [0.05, 0.1) is 29.6 Å². The lowest BCUT2D eigenvalue weighted by Gasteiger charge is -2.30. The Balaban J connectivity index is 1.87. The van der Waals surface area contributed by atoms with Gasteiger partial charge in [-0.05, 0) is 55.3 Å². The number of ether oxygens (including phenoxy) is 2. The van der Waals surface area contributed by atoms with Crippen molar-refractivity contribution in [2.45, 2.75) is 26.2 Å². The van der Waals surface area contributed by atoms with E-state index in [1.54, 1.807) is 56.3 Å². The number of nitrogens with zero attached hydrogens (tertiary/aromatic N) is 1. The molecule has 1 atom stereocenters. The van der Waals surface area contributed by atoms with Gasteiger partial charge in [0.2, 0.25) is 0 Å². The third kappa shape index (κ3) is 6.75. The fourth-order valence-electron chi connectivity index (χ4n) is 3.78. The highest BCUT2D eigenvalue weighted by molar-refractivity contribution is 6.30. The molecule has 0 saturated heterocycles. The van der Waals surface area contributed by atoms with E-state index < -0.39 is 17.9 Å². The number of benzene rings is 2. The molecule has 0 aliphatic carbocycles. The molecule has 1 heterocycles. The zero-order valence-corrected chi connectivity index (χ0v) is 20.8. The molecule has 1 aliphatic rings. The number of rotatable bonds is 8. The van der Waals surface area contributed by atoms with Crippen LogP contribution in [0.3, 0.4) is 0 Å². The van der Waals surface area contributed by atoms with Crippen LogP contribution in [0.4, 0.5) is 0 Å². The number of allylic oxidation sites excluding steroid dienone is 2. The van der Waals surface area contributed by atoms with Gasteiger partial charge < -0.3 is 14.8 Å². The minimum atomic E-state index is -0.753. The number of hydrogen-bond donors (Lipinski definition) is 1. The van der Waals surface area contributed by atoms with Gasteiger partial charge in [0.25, 0.3) is 0 Å². The highest BCUT2D eigenvalue weighted by Gasteiger charge is 2.38. The molecule has 35 heavy (non-hydrogen) atoms. The predicted octanol–water partition coefficient (Wildman–Crippen LogP) is 5.94. The Bertz CT molecular complexity index is 1240. The summed E-state index contributed by atoms with van der Waals surface area (Å²) in [5.74, 6) is -1.94. The van der Waals surface area contributed by atoms with Crippen molar-refractivity contribution >= 4 is 41.2 Å². The van der Waals surface area contributed by atoms with Crippen LogP contribution in [0, 0.1) is 11.3 Å². The first-order chi connectivity index (χ1) is 16.8. The topological polar surface area (TPSA) is 88.4 Å². The molecule has 0 fully saturated rings. The molecule has 0 spiro atoms. The molecule has 1 unspecified atom stereocenters. The van der Waals surface area contributed by atoms with Crippen LogP contribution in [0.15, 0.2) is 77.1 Å². The van der Waals surface area contributed by atoms with E-state index in [9.17, 15) is 9.59 Å². The normalized spacial score (nSPS) is 15.6. The van der Waals surface area contributed by atoms with Crippen LogP contribution < -0.4 is 5.32 Å². The first-order valence-corrected chi connectivity index (χ1v) is 11.6. The third-order valence-electron chi connectivity index (χ3n) is 5.32. The first-order valence-electron chi connectivity index (χ1n) is 10.9. The number of hydrogen-bond acceptors (Lipinski definition) is 6. The van der Waals surface area contributed by atoms with Gasteiger partial charge >= 0.3 is 11.9 Å². The molecule has 1 aliphatic heterocycles. The summed E-state index contributed by atoms with van der Waals surface area (Å²) in [6, 6.07) is 16.2. The fourth-order valence-corrected chi connectivity index (χ4v) is 4.11. The number of dihydropyridines is 1. The van der Waals surface area contributed by atoms with E-state index in [0.29, 0.717) is 27.0 Å². The summed E-state index contributed by atoms with van der Waals surface area (Å²) in [4.78, 5) is 26.3. The summed E-state index contributed by atoms with van der Waals surface area (Å²) >= 11 is 12.1. The zero-order valence-electron chi connectivity index (χ0n) is 19.3. The summed E-state index contributed by atoms with van der Waals surface area (Å²) in [5.41, 5.74) is 3.22. The Morgan fingerprint density at radius 3 is 2.29 bits per heavy atom. The molecular weight excluding hydrogens is 487 g/mol. The lowest BCUT2D eigenvalue weighted by atomic mass is 9.80. The average molecular weight is 511 g/mol. The second-order valence-corrected chi connectivity index (χ2v) is 8.66. The Morgan fingerprint density at radius 2 is 1.66 bits per heavy atom. The van der Waals surface area contributed by atoms with Gasteiger partial charge in [-0.3, -0.25) is 0 Å². The Morgan fingerprint density at radius 1 is 1.00 bits per heavy atom. The highest BCUT2D eigenvalue weighted by Crippen LogP contribution is 2.39.